The second-order valence-corrected chi connectivity index (χ2v) is 10.3. The van der Waals surface area contributed by atoms with Gasteiger partial charge in [0.25, 0.3) is 21.5 Å². The van der Waals surface area contributed by atoms with Crippen molar-refractivity contribution in [2.24, 2.45) is 0 Å². The number of H-pyrrole nitrogens is 1. The Kier molecular flexibility index (Phi) is 5.84. The molecule has 2 aromatic heterocycles. The van der Waals surface area contributed by atoms with Crippen LogP contribution >= 0.6 is 11.3 Å². The zero-order valence-corrected chi connectivity index (χ0v) is 19.7. The quantitative estimate of drug-likeness (QED) is 0.331. The predicted molar refractivity (Wildman–Crippen MR) is 118 cm³/mol. The minimum atomic E-state index is -5.71. The lowest BCUT2D eigenvalue weighted by Crippen LogP contribution is -2.61. The van der Waals surface area contributed by atoms with E-state index in [1.165, 1.54) is 29.8 Å². The number of nitrogens with one attached hydrogen (secondary N) is 4. The second kappa shape index (κ2) is 8.35. The van der Waals surface area contributed by atoms with Gasteiger partial charge in [0.05, 0.1) is 11.3 Å². The molecule has 4 N–H and O–H groups in total. The molecular weight excluding hydrogens is 531 g/mol. The molecule has 13 nitrogen and oxygen atoms in total. The van der Waals surface area contributed by atoms with Crippen LogP contribution < -0.4 is 26.6 Å². The Morgan fingerprint density at radius 1 is 1.17 bits per heavy atom. The van der Waals surface area contributed by atoms with Gasteiger partial charge in [-0.2, -0.15) is 17.9 Å². The largest absolute Gasteiger partial charge is 0.421 e. The molecule has 3 aromatic rings. The van der Waals surface area contributed by atoms with Gasteiger partial charge in [-0.05, 0) is 18.6 Å². The van der Waals surface area contributed by atoms with Gasteiger partial charge < -0.3 is 10.6 Å². The first-order valence-electron chi connectivity index (χ1n) is 9.68. The SMILES string of the molecule is CC(=O)Nc1nnc(S(=O)(=O)N[C@@]2(C(F)(F)F)C(=O)Nc3c2c(=O)[nH]c(=O)n3-c2ccccc2C)s1. The molecule has 0 saturated carbocycles. The normalized spacial score (nSPS) is 17.5. The van der Waals surface area contributed by atoms with E-state index in [9.17, 15) is 40.8 Å². The zero-order valence-electron chi connectivity index (χ0n) is 18.1. The topological polar surface area (TPSA) is 185 Å². The first-order valence-corrected chi connectivity index (χ1v) is 12.0. The first-order chi connectivity index (χ1) is 16.7. The third kappa shape index (κ3) is 3.88. The molecule has 0 bridgehead atoms. The molecule has 2 amide bonds. The molecule has 0 fully saturated rings. The van der Waals surface area contributed by atoms with Crippen LogP contribution in [0.1, 0.15) is 18.1 Å². The summed E-state index contributed by atoms with van der Waals surface area (Å²) in [5.74, 6) is -3.49. The van der Waals surface area contributed by atoms with Gasteiger partial charge in [-0.3, -0.25) is 19.4 Å². The minimum Gasteiger partial charge on any atom is -0.309 e. The van der Waals surface area contributed by atoms with E-state index >= 15 is 0 Å². The van der Waals surface area contributed by atoms with Gasteiger partial charge >= 0.3 is 11.9 Å². The monoisotopic (exact) mass is 545 g/mol. The number of para-hydroxylation sites is 1. The predicted octanol–water partition coefficient (Wildman–Crippen LogP) is 0.332. The number of halogens is 3. The van der Waals surface area contributed by atoms with Gasteiger partial charge in [0.15, 0.2) is 0 Å². The van der Waals surface area contributed by atoms with E-state index in [0.29, 0.717) is 10.1 Å². The number of rotatable bonds is 5. The van der Waals surface area contributed by atoms with Crippen LogP contribution in [0.25, 0.3) is 5.69 Å². The van der Waals surface area contributed by atoms with E-state index in [-0.39, 0.29) is 22.2 Å². The van der Waals surface area contributed by atoms with E-state index in [4.69, 9.17) is 0 Å². The number of fused-ring (bicyclic) bond motifs is 1. The molecule has 18 heteroatoms. The average Bonchev–Trinajstić information content (AvgIpc) is 3.32. The molecule has 190 valence electrons. The Bertz CT molecular complexity index is 1640. The Labute approximate surface area is 202 Å². The van der Waals surface area contributed by atoms with Crippen molar-refractivity contribution >= 4 is 44.1 Å². The molecular formula is C18H14F3N7O6S2. The highest BCUT2D eigenvalue weighted by atomic mass is 32.2. The minimum absolute atomic E-state index is 0.0280. The summed E-state index contributed by atoms with van der Waals surface area (Å²) in [5.41, 5.74) is -7.91. The van der Waals surface area contributed by atoms with Crippen molar-refractivity contribution in [3.05, 3.63) is 56.2 Å². The number of anilines is 2. The molecule has 1 aromatic carbocycles. The van der Waals surface area contributed by atoms with Crippen LogP contribution in [0.4, 0.5) is 24.1 Å². The van der Waals surface area contributed by atoms with E-state index < -0.39 is 60.5 Å². The fourth-order valence-electron chi connectivity index (χ4n) is 3.55. The van der Waals surface area contributed by atoms with Gasteiger partial charge in [-0.1, -0.05) is 29.5 Å². The maximum absolute atomic E-state index is 14.5. The molecule has 1 aliphatic heterocycles. The number of carbonyl (C=O) groups excluding carboxylic acids is 2. The highest BCUT2D eigenvalue weighted by Crippen LogP contribution is 2.46. The van der Waals surface area contributed by atoms with Crippen LogP contribution in [0.3, 0.4) is 0 Å². The summed E-state index contributed by atoms with van der Waals surface area (Å²) in [6, 6.07) is 5.92. The molecule has 1 atom stereocenters. The highest BCUT2D eigenvalue weighted by molar-refractivity contribution is 7.91. The standard InChI is InChI=1S/C18H14F3N7O6S2/c1-7-5-3-4-6-9(7)28-11-10(12(30)24-15(28)32)17(13(31)23-11,18(19,20)21)27-36(33,34)16-26-25-14(35-16)22-8(2)29/h3-6,27H,1-2H3,(H,23,31)(H,22,25,29)(H,24,30,32)/t17-/m1/s1. The fourth-order valence-corrected chi connectivity index (χ4v) is 5.83. The second-order valence-electron chi connectivity index (χ2n) is 7.47. The van der Waals surface area contributed by atoms with Crippen LogP contribution in [0.15, 0.2) is 38.2 Å². The summed E-state index contributed by atoms with van der Waals surface area (Å²) in [6.45, 7) is 2.60. The van der Waals surface area contributed by atoms with Gasteiger partial charge in [0, 0.05) is 6.92 Å². The van der Waals surface area contributed by atoms with E-state index in [1.807, 2.05) is 5.32 Å². The molecule has 36 heavy (non-hydrogen) atoms. The molecule has 3 heterocycles. The number of hydrogen-bond donors (Lipinski definition) is 4. The third-order valence-electron chi connectivity index (χ3n) is 5.05. The first kappa shape index (κ1) is 25.2. The lowest BCUT2D eigenvalue weighted by atomic mass is 9.93. The summed E-state index contributed by atoms with van der Waals surface area (Å²) in [5, 5.41) is 10.2. The number of amides is 2. The molecule has 0 spiro atoms. The fraction of sp³-hybridized carbons (Fsp3) is 0.222. The van der Waals surface area contributed by atoms with Crippen molar-refractivity contribution in [2.45, 2.75) is 29.9 Å². The van der Waals surface area contributed by atoms with Crippen LogP contribution in [0, 0.1) is 6.92 Å². The summed E-state index contributed by atoms with van der Waals surface area (Å²) < 4.78 is 70.3. The lowest BCUT2D eigenvalue weighted by Gasteiger charge is -2.29. The number of hydrogen-bond acceptors (Lipinski definition) is 9. The Hall–Kier alpha value is -3.90. The number of sulfonamides is 1. The van der Waals surface area contributed by atoms with Crippen LogP contribution in [0.5, 0.6) is 0 Å². The molecule has 1 aliphatic rings. The Balaban J connectivity index is 1.97. The zero-order chi connectivity index (χ0) is 26.6. The van der Waals surface area contributed by atoms with Gasteiger partial charge in [-0.25, -0.2) is 17.8 Å². The maximum atomic E-state index is 14.5. The van der Waals surface area contributed by atoms with Crippen LogP contribution in [-0.4, -0.2) is 46.2 Å². The van der Waals surface area contributed by atoms with Crippen molar-refractivity contribution < 1.29 is 31.2 Å². The van der Waals surface area contributed by atoms with Crippen molar-refractivity contribution in [1.29, 1.82) is 0 Å². The third-order valence-corrected chi connectivity index (χ3v) is 7.70. The van der Waals surface area contributed by atoms with E-state index in [2.05, 4.69) is 15.5 Å². The number of nitrogens with zero attached hydrogens (tertiary/aromatic N) is 3. The van der Waals surface area contributed by atoms with Crippen molar-refractivity contribution in [2.75, 3.05) is 10.6 Å². The summed E-state index contributed by atoms with van der Waals surface area (Å²) in [4.78, 5) is 51.0. The number of benzene rings is 1. The van der Waals surface area contributed by atoms with Crippen LogP contribution in [-0.2, 0) is 25.2 Å². The number of aromatic nitrogens is 4. The number of aromatic amines is 1. The molecule has 0 saturated heterocycles. The molecule has 4 rings (SSSR count). The van der Waals surface area contributed by atoms with Crippen molar-refractivity contribution in [3.8, 4) is 5.69 Å². The Morgan fingerprint density at radius 3 is 2.44 bits per heavy atom. The van der Waals surface area contributed by atoms with Crippen molar-refractivity contribution in [3.63, 3.8) is 0 Å². The van der Waals surface area contributed by atoms with Gasteiger partial charge in [0.2, 0.25) is 20.9 Å². The van der Waals surface area contributed by atoms with Gasteiger partial charge in [0.1, 0.15) is 5.82 Å². The number of carbonyl (C=O) groups is 2. The highest BCUT2D eigenvalue weighted by Gasteiger charge is 2.69. The van der Waals surface area contributed by atoms with Crippen molar-refractivity contribution in [1.82, 2.24) is 24.5 Å². The lowest BCUT2D eigenvalue weighted by molar-refractivity contribution is -0.194. The summed E-state index contributed by atoms with van der Waals surface area (Å²) in [6.07, 6.45) is -5.71. The van der Waals surface area contributed by atoms with Gasteiger partial charge in [-0.15, -0.1) is 10.2 Å². The Morgan fingerprint density at radius 2 is 1.83 bits per heavy atom. The average molecular weight is 545 g/mol. The van der Waals surface area contributed by atoms with Crippen LogP contribution in [0.2, 0.25) is 0 Å². The number of aryl methyl sites for hydroxylation is 1. The smallest absolute Gasteiger partial charge is 0.309 e. The van der Waals surface area contributed by atoms with E-state index in [0.717, 1.165) is 6.92 Å². The maximum Gasteiger partial charge on any atom is 0.421 e. The molecule has 0 unspecified atom stereocenters. The summed E-state index contributed by atoms with van der Waals surface area (Å²) >= 11 is 0.207. The molecule has 0 aliphatic carbocycles. The van der Waals surface area contributed by atoms with E-state index in [1.54, 1.807) is 11.1 Å². The number of alkyl halides is 3. The summed E-state index contributed by atoms with van der Waals surface area (Å²) in [7, 11) is -5.27. The molecule has 0 radical (unpaired) electrons.